The molecule has 2 atom stereocenters. The molecule has 1 unspecified atom stereocenters. The van der Waals surface area contributed by atoms with Crippen LogP contribution in [0.25, 0.3) is 0 Å². The van der Waals surface area contributed by atoms with Gasteiger partial charge in [-0.25, -0.2) is 0 Å². The van der Waals surface area contributed by atoms with E-state index in [9.17, 15) is 19.0 Å². The van der Waals surface area contributed by atoms with E-state index < -0.39 is 26.5 Å². The van der Waals surface area contributed by atoms with Crippen LogP contribution in [0.5, 0.6) is 0 Å². The molecule has 0 aliphatic carbocycles. The number of likely N-dealkylation sites (N-methyl/N-ethyl adjacent to an activating group) is 1. The van der Waals surface area contributed by atoms with E-state index in [4.69, 9.17) is 18.5 Å². The number of phosphoric ester groups is 1. The van der Waals surface area contributed by atoms with Crippen molar-refractivity contribution in [2.45, 2.75) is 213 Å². The zero-order chi connectivity index (χ0) is 40.0. The summed E-state index contributed by atoms with van der Waals surface area (Å²) in [6.45, 7) is 4.22. The van der Waals surface area contributed by atoms with Crippen LogP contribution >= 0.6 is 7.82 Å². The minimum atomic E-state index is -4.62. The average molecular weight is 788 g/mol. The summed E-state index contributed by atoms with van der Waals surface area (Å²) in [5, 5.41) is 0. The molecular weight excluding hydrogens is 701 g/mol. The van der Waals surface area contributed by atoms with Crippen LogP contribution in [0, 0.1) is 0 Å². The lowest BCUT2D eigenvalue weighted by Crippen LogP contribution is -2.37. The van der Waals surface area contributed by atoms with Crippen molar-refractivity contribution in [3.05, 3.63) is 12.2 Å². The van der Waals surface area contributed by atoms with Crippen molar-refractivity contribution in [3.63, 3.8) is 0 Å². The molecule has 0 bridgehead atoms. The first kappa shape index (κ1) is 52.8. The highest BCUT2D eigenvalue weighted by Gasteiger charge is 2.21. The Morgan fingerprint density at radius 2 is 0.944 bits per heavy atom. The van der Waals surface area contributed by atoms with Crippen molar-refractivity contribution in [2.24, 2.45) is 0 Å². The van der Waals surface area contributed by atoms with Crippen molar-refractivity contribution in [3.8, 4) is 0 Å². The number of quaternary nitrogens is 1. The van der Waals surface area contributed by atoms with Crippen LogP contribution in [0.1, 0.15) is 206 Å². The number of phosphoric acid groups is 1. The maximum Gasteiger partial charge on any atom is 0.306 e. The Labute approximate surface area is 333 Å². The first-order valence-corrected chi connectivity index (χ1v) is 23.9. The van der Waals surface area contributed by atoms with Crippen LogP contribution in [-0.4, -0.2) is 70.0 Å². The molecule has 0 aromatic rings. The normalized spacial score (nSPS) is 13.7. The van der Waals surface area contributed by atoms with Crippen molar-refractivity contribution in [2.75, 3.05) is 47.5 Å². The van der Waals surface area contributed by atoms with E-state index >= 15 is 0 Å². The number of hydrogen-bond donors (Lipinski definition) is 0. The van der Waals surface area contributed by atoms with Gasteiger partial charge >= 0.3 is 11.9 Å². The van der Waals surface area contributed by atoms with Gasteiger partial charge < -0.3 is 27.9 Å². The lowest BCUT2D eigenvalue weighted by molar-refractivity contribution is -0.870. The molecule has 10 heteroatoms. The largest absolute Gasteiger partial charge is 0.756 e. The lowest BCUT2D eigenvalue weighted by atomic mass is 10.0. The number of rotatable bonds is 41. The van der Waals surface area contributed by atoms with Gasteiger partial charge in [0, 0.05) is 12.8 Å². The molecule has 320 valence electrons. The molecule has 0 saturated heterocycles. The summed E-state index contributed by atoms with van der Waals surface area (Å²) in [4.78, 5) is 37.5. The zero-order valence-electron chi connectivity index (χ0n) is 35.9. The molecule has 9 nitrogen and oxygen atoms in total. The highest BCUT2D eigenvalue weighted by Crippen LogP contribution is 2.38. The van der Waals surface area contributed by atoms with Gasteiger partial charge in [0.15, 0.2) is 6.10 Å². The maximum atomic E-state index is 12.6. The third-order valence-corrected chi connectivity index (χ3v) is 10.7. The van der Waals surface area contributed by atoms with Crippen LogP contribution in [0.4, 0.5) is 0 Å². The van der Waals surface area contributed by atoms with E-state index in [1.807, 2.05) is 21.1 Å². The maximum absolute atomic E-state index is 12.6. The summed E-state index contributed by atoms with van der Waals surface area (Å²) >= 11 is 0. The zero-order valence-corrected chi connectivity index (χ0v) is 36.8. The van der Waals surface area contributed by atoms with Crippen molar-refractivity contribution < 1.29 is 42.1 Å². The Bertz CT molecular complexity index is 938. The number of ether oxygens (including phenoxy) is 2. The number of carbonyl (C=O) groups is 2. The van der Waals surface area contributed by atoms with Gasteiger partial charge in [-0.05, 0) is 38.5 Å². The Morgan fingerprint density at radius 3 is 1.39 bits per heavy atom. The summed E-state index contributed by atoms with van der Waals surface area (Å²) in [6, 6.07) is 0. The number of allylic oxidation sites excluding steroid dienone is 2. The molecule has 0 aromatic carbocycles. The molecule has 0 aliphatic rings. The number of nitrogens with zero attached hydrogens (tertiary/aromatic N) is 1. The van der Waals surface area contributed by atoms with Gasteiger partial charge in [0.25, 0.3) is 7.82 Å². The Morgan fingerprint density at radius 1 is 0.556 bits per heavy atom. The number of hydrogen-bond acceptors (Lipinski definition) is 8. The second kappa shape index (κ2) is 37.3. The standard InChI is InChI=1S/C44H86NO8P/c1-6-8-10-12-14-16-18-20-21-22-23-25-26-28-30-32-34-36-43(46)50-40-42(41-52-54(48,49)51-39-38-45(3,4)5)53-44(47)37-35-33-31-29-27-24-19-17-15-13-11-9-7-2/h24,27,42H,6-23,25-26,28-41H2,1-5H3/b27-24+/t42-/m1/s1. The summed E-state index contributed by atoms with van der Waals surface area (Å²) < 4.78 is 33.9. The molecular formula is C44H86NO8P. The van der Waals surface area contributed by atoms with Crippen LogP contribution in [0.15, 0.2) is 12.2 Å². The first-order chi connectivity index (χ1) is 26.0. The van der Waals surface area contributed by atoms with Crippen LogP contribution in [0.3, 0.4) is 0 Å². The van der Waals surface area contributed by atoms with Gasteiger partial charge in [-0.15, -0.1) is 0 Å². The number of esters is 2. The van der Waals surface area contributed by atoms with Crippen molar-refractivity contribution in [1.82, 2.24) is 0 Å². The molecule has 0 radical (unpaired) electrons. The van der Waals surface area contributed by atoms with Crippen molar-refractivity contribution >= 4 is 19.8 Å². The molecule has 0 saturated carbocycles. The third kappa shape index (κ3) is 40.4. The van der Waals surface area contributed by atoms with Gasteiger partial charge in [-0.2, -0.15) is 0 Å². The molecule has 0 N–H and O–H groups in total. The lowest BCUT2D eigenvalue weighted by Gasteiger charge is -2.28. The monoisotopic (exact) mass is 788 g/mol. The van der Waals surface area contributed by atoms with E-state index in [1.165, 1.54) is 128 Å². The molecule has 0 aromatic heterocycles. The average Bonchev–Trinajstić information content (AvgIpc) is 3.12. The Hall–Kier alpha value is -1.25. The molecule has 0 heterocycles. The minimum Gasteiger partial charge on any atom is -0.756 e. The van der Waals surface area contributed by atoms with Gasteiger partial charge in [0.1, 0.15) is 19.8 Å². The summed E-state index contributed by atoms with van der Waals surface area (Å²) in [6.07, 6.45) is 38.1. The number of carbonyl (C=O) groups excluding carboxylic acids is 2. The fourth-order valence-electron chi connectivity index (χ4n) is 6.24. The smallest absolute Gasteiger partial charge is 0.306 e. The van der Waals surface area contributed by atoms with E-state index in [0.717, 1.165) is 44.9 Å². The summed E-state index contributed by atoms with van der Waals surface area (Å²) in [5.41, 5.74) is 0. The van der Waals surface area contributed by atoms with E-state index in [2.05, 4.69) is 26.0 Å². The third-order valence-electron chi connectivity index (χ3n) is 9.79. The Balaban J connectivity index is 4.32. The van der Waals surface area contributed by atoms with Crippen LogP contribution in [-0.2, 0) is 32.7 Å². The predicted molar refractivity (Wildman–Crippen MR) is 222 cm³/mol. The van der Waals surface area contributed by atoms with Gasteiger partial charge in [-0.3, -0.25) is 14.2 Å². The SMILES string of the molecule is CCCCCCCC/C=C/CCCCCC(=O)O[C@H](COC(=O)CCCCCCCCCCCCCCCCCCC)COP(=O)([O-])OCC[N+](C)(C)C. The topological polar surface area (TPSA) is 111 Å². The van der Waals surface area contributed by atoms with Gasteiger partial charge in [0.2, 0.25) is 0 Å². The Kier molecular flexibility index (Phi) is 36.5. The van der Waals surface area contributed by atoms with Crippen LogP contribution in [0.2, 0.25) is 0 Å². The summed E-state index contributed by atoms with van der Waals surface area (Å²) in [7, 11) is 1.17. The molecule has 54 heavy (non-hydrogen) atoms. The molecule has 0 amide bonds. The first-order valence-electron chi connectivity index (χ1n) is 22.4. The highest BCUT2D eigenvalue weighted by atomic mass is 31.2. The molecule has 0 aliphatic heterocycles. The predicted octanol–water partition coefficient (Wildman–Crippen LogP) is 11.9. The fourth-order valence-corrected chi connectivity index (χ4v) is 6.97. The summed E-state index contributed by atoms with van der Waals surface area (Å²) in [5.74, 6) is -0.843. The highest BCUT2D eigenvalue weighted by molar-refractivity contribution is 7.45. The van der Waals surface area contributed by atoms with Crippen LogP contribution < -0.4 is 4.89 Å². The second-order valence-electron chi connectivity index (χ2n) is 16.4. The fraction of sp³-hybridized carbons (Fsp3) is 0.909. The number of unbranched alkanes of at least 4 members (excludes halogenated alkanes) is 25. The molecule has 0 fully saturated rings. The molecule has 0 spiro atoms. The van der Waals surface area contributed by atoms with E-state index in [1.54, 1.807) is 0 Å². The quantitative estimate of drug-likeness (QED) is 0.0198. The van der Waals surface area contributed by atoms with Gasteiger partial charge in [0.05, 0.1) is 27.7 Å². The molecule has 0 rings (SSSR count). The van der Waals surface area contributed by atoms with Gasteiger partial charge in [-0.1, -0.05) is 167 Å². The minimum absolute atomic E-state index is 0.0304. The van der Waals surface area contributed by atoms with Crippen molar-refractivity contribution in [1.29, 1.82) is 0 Å². The van der Waals surface area contributed by atoms with E-state index in [0.29, 0.717) is 17.4 Å². The second-order valence-corrected chi connectivity index (χ2v) is 17.8. The van der Waals surface area contributed by atoms with E-state index in [-0.39, 0.29) is 32.0 Å².